The molecule has 0 fully saturated rings. The second-order valence-electron chi connectivity index (χ2n) is 5.85. The second-order valence-corrected chi connectivity index (χ2v) is 6.80. The van der Waals surface area contributed by atoms with E-state index >= 15 is 0 Å². The largest absolute Gasteiger partial charge is 0.363 e. The van der Waals surface area contributed by atoms with E-state index in [-0.39, 0.29) is 5.91 Å². The lowest BCUT2D eigenvalue weighted by Crippen LogP contribution is -2.26. The van der Waals surface area contributed by atoms with Gasteiger partial charge in [0.2, 0.25) is 0 Å². The highest BCUT2D eigenvalue weighted by Crippen LogP contribution is 2.22. The molecule has 0 aliphatic heterocycles. The maximum Gasteiger partial charge on any atom is 0.253 e. The van der Waals surface area contributed by atoms with Crippen molar-refractivity contribution in [1.82, 2.24) is 14.9 Å². The summed E-state index contributed by atoms with van der Waals surface area (Å²) < 4.78 is 0. The molecule has 0 radical (unpaired) electrons. The minimum atomic E-state index is 0.0473. The van der Waals surface area contributed by atoms with Gasteiger partial charge in [-0.1, -0.05) is 23.9 Å². The molecule has 0 spiro atoms. The summed E-state index contributed by atoms with van der Waals surface area (Å²) in [4.78, 5) is 25.0. The zero-order valence-electron chi connectivity index (χ0n) is 14.9. The molecule has 0 saturated heterocycles. The maximum absolute atomic E-state index is 12.3. The molecule has 128 valence electrons. The number of nitrogens with zero attached hydrogens (tertiary/aromatic N) is 4. The Balaban J connectivity index is 2.11. The van der Waals surface area contributed by atoms with Gasteiger partial charge in [-0.15, -0.1) is 0 Å². The van der Waals surface area contributed by atoms with Crippen molar-refractivity contribution >= 4 is 23.5 Å². The molecule has 2 rings (SSSR count). The zero-order valence-corrected chi connectivity index (χ0v) is 15.7. The summed E-state index contributed by atoms with van der Waals surface area (Å²) in [6, 6.07) is 9.72. The van der Waals surface area contributed by atoms with E-state index in [9.17, 15) is 4.79 Å². The predicted molar refractivity (Wildman–Crippen MR) is 99.7 cm³/mol. The van der Waals surface area contributed by atoms with E-state index in [0.717, 1.165) is 33.5 Å². The number of rotatable bonds is 6. The number of thioether (sulfide) groups is 1. The third kappa shape index (κ3) is 4.71. The lowest BCUT2D eigenvalue weighted by molar-refractivity contribution is 0.0802. The quantitative estimate of drug-likeness (QED) is 0.595. The number of carbonyl (C=O) groups excluding carboxylic acids is 1. The Hall–Kier alpha value is -2.08. The minimum absolute atomic E-state index is 0.0473. The average molecular weight is 344 g/mol. The molecular weight excluding hydrogens is 320 g/mol. The van der Waals surface area contributed by atoms with E-state index in [1.54, 1.807) is 16.7 Å². The number of benzene rings is 1. The highest BCUT2D eigenvalue weighted by Gasteiger charge is 2.11. The Kier molecular flexibility index (Phi) is 6.20. The number of anilines is 1. The molecule has 1 heterocycles. The van der Waals surface area contributed by atoms with Crippen LogP contribution in [0.15, 0.2) is 35.5 Å². The smallest absolute Gasteiger partial charge is 0.253 e. The summed E-state index contributed by atoms with van der Waals surface area (Å²) in [5.41, 5.74) is 2.76. The van der Waals surface area contributed by atoms with E-state index in [0.29, 0.717) is 6.54 Å². The number of aromatic nitrogens is 2. The average Bonchev–Trinajstić information content (AvgIpc) is 2.58. The van der Waals surface area contributed by atoms with E-state index in [2.05, 4.69) is 9.97 Å². The molecule has 6 heteroatoms. The third-order valence-corrected chi connectivity index (χ3v) is 4.56. The van der Waals surface area contributed by atoms with Gasteiger partial charge in [0.05, 0.1) is 0 Å². The van der Waals surface area contributed by atoms with Crippen LogP contribution in [0.2, 0.25) is 0 Å². The van der Waals surface area contributed by atoms with Crippen molar-refractivity contribution in [3.63, 3.8) is 0 Å². The first-order chi connectivity index (χ1) is 11.4. The molecule has 24 heavy (non-hydrogen) atoms. The van der Waals surface area contributed by atoms with Crippen LogP contribution in [-0.4, -0.2) is 48.5 Å². The van der Waals surface area contributed by atoms with Gasteiger partial charge in [0.15, 0.2) is 5.16 Å². The third-order valence-electron chi connectivity index (χ3n) is 3.64. The normalized spacial score (nSPS) is 10.5. The zero-order chi connectivity index (χ0) is 17.7. The van der Waals surface area contributed by atoms with Crippen molar-refractivity contribution in [3.8, 4) is 0 Å². The monoisotopic (exact) mass is 344 g/mol. The van der Waals surface area contributed by atoms with E-state index in [1.807, 2.05) is 70.2 Å². The van der Waals surface area contributed by atoms with Crippen LogP contribution in [0.25, 0.3) is 0 Å². The highest BCUT2D eigenvalue weighted by atomic mass is 32.2. The van der Waals surface area contributed by atoms with Crippen LogP contribution in [0.4, 0.5) is 5.82 Å². The van der Waals surface area contributed by atoms with Gasteiger partial charge in [-0.05, 0) is 31.5 Å². The van der Waals surface area contributed by atoms with Crippen molar-refractivity contribution in [2.75, 3.05) is 32.6 Å². The molecule has 1 amide bonds. The van der Waals surface area contributed by atoms with Crippen LogP contribution in [0.3, 0.4) is 0 Å². The predicted octanol–water partition coefficient (Wildman–Crippen LogP) is 3.24. The van der Waals surface area contributed by atoms with E-state index in [4.69, 9.17) is 0 Å². The van der Waals surface area contributed by atoms with Crippen LogP contribution in [0, 0.1) is 6.92 Å². The summed E-state index contributed by atoms with van der Waals surface area (Å²) in [6.45, 7) is 4.63. The molecule has 1 aromatic heterocycles. The molecule has 0 unspecified atom stereocenters. The van der Waals surface area contributed by atoms with Crippen molar-refractivity contribution in [2.45, 2.75) is 24.8 Å². The van der Waals surface area contributed by atoms with Gasteiger partial charge in [0, 0.05) is 50.8 Å². The number of carbonyl (C=O) groups is 1. The first-order valence-corrected chi connectivity index (χ1v) is 8.89. The van der Waals surface area contributed by atoms with Gasteiger partial charge in [-0.3, -0.25) is 4.79 Å². The molecule has 0 bridgehead atoms. The highest BCUT2D eigenvalue weighted by molar-refractivity contribution is 7.98. The van der Waals surface area contributed by atoms with Gasteiger partial charge in [0.25, 0.3) is 5.91 Å². The summed E-state index contributed by atoms with van der Waals surface area (Å²) in [5, 5.41) is 0.751. The molecule has 0 atom stereocenters. The van der Waals surface area contributed by atoms with Crippen molar-refractivity contribution in [2.24, 2.45) is 0 Å². The number of hydrogen-bond donors (Lipinski definition) is 0. The molecule has 1 aromatic carbocycles. The van der Waals surface area contributed by atoms with Crippen LogP contribution < -0.4 is 4.90 Å². The first kappa shape index (κ1) is 18.3. The molecule has 0 saturated carbocycles. The van der Waals surface area contributed by atoms with Gasteiger partial charge in [-0.2, -0.15) is 0 Å². The second kappa shape index (κ2) is 8.15. The fourth-order valence-electron chi connectivity index (χ4n) is 2.12. The van der Waals surface area contributed by atoms with Crippen LogP contribution in [0.1, 0.15) is 28.5 Å². The Labute approximate surface area is 148 Å². The Morgan fingerprint density at radius 1 is 1.17 bits per heavy atom. The Bertz CT molecular complexity index is 718. The fourth-order valence-corrected chi connectivity index (χ4v) is 2.97. The molecule has 0 aliphatic rings. The van der Waals surface area contributed by atoms with E-state index in [1.165, 1.54) is 0 Å². The van der Waals surface area contributed by atoms with Crippen molar-refractivity contribution in [3.05, 3.63) is 47.2 Å². The molecule has 5 nitrogen and oxygen atoms in total. The van der Waals surface area contributed by atoms with Crippen molar-refractivity contribution in [1.29, 1.82) is 0 Å². The molecular formula is C18H24N4OS. The van der Waals surface area contributed by atoms with Gasteiger partial charge in [-0.25, -0.2) is 9.97 Å². The van der Waals surface area contributed by atoms with Crippen molar-refractivity contribution < 1.29 is 4.79 Å². The number of hydrogen-bond acceptors (Lipinski definition) is 5. The molecule has 0 aliphatic carbocycles. The van der Waals surface area contributed by atoms with E-state index < -0.39 is 0 Å². The SMILES string of the molecule is CCN(C)C(=O)c1cccc(CSc2nc(C)cc(N(C)C)n2)c1. The summed E-state index contributed by atoms with van der Waals surface area (Å²) >= 11 is 1.58. The summed E-state index contributed by atoms with van der Waals surface area (Å²) in [7, 11) is 5.75. The maximum atomic E-state index is 12.3. The lowest BCUT2D eigenvalue weighted by atomic mass is 10.1. The Morgan fingerprint density at radius 3 is 2.58 bits per heavy atom. The molecule has 2 aromatic rings. The standard InChI is InChI=1S/C18H24N4OS/c1-6-22(5)17(23)15-9-7-8-14(11-15)12-24-18-19-13(2)10-16(20-18)21(3)4/h7-11H,6,12H2,1-5H3. The summed E-state index contributed by atoms with van der Waals surface area (Å²) in [6.07, 6.45) is 0. The minimum Gasteiger partial charge on any atom is -0.363 e. The fraction of sp³-hybridized carbons (Fsp3) is 0.389. The van der Waals surface area contributed by atoms with Gasteiger partial charge < -0.3 is 9.80 Å². The van der Waals surface area contributed by atoms with Crippen LogP contribution >= 0.6 is 11.8 Å². The topological polar surface area (TPSA) is 49.3 Å². The lowest BCUT2D eigenvalue weighted by Gasteiger charge is -2.15. The summed E-state index contributed by atoms with van der Waals surface area (Å²) in [5.74, 6) is 1.68. The number of amides is 1. The Morgan fingerprint density at radius 2 is 1.92 bits per heavy atom. The molecule has 0 N–H and O–H groups in total. The van der Waals surface area contributed by atoms with Gasteiger partial charge >= 0.3 is 0 Å². The van der Waals surface area contributed by atoms with Crippen LogP contribution in [0.5, 0.6) is 0 Å². The van der Waals surface area contributed by atoms with Gasteiger partial charge in [0.1, 0.15) is 5.82 Å². The number of aryl methyl sites for hydroxylation is 1. The first-order valence-electron chi connectivity index (χ1n) is 7.91. The van der Waals surface area contributed by atoms with Crippen LogP contribution in [-0.2, 0) is 5.75 Å².